The highest BCUT2D eigenvalue weighted by Crippen LogP contribution is 2.60. The Bertz CT molecular complexity index is 994. The first kappa shape index (κ1) is 17.0. The number of rotatable bonds is 1. The first-order valence-corrected chi connectivity index (χ1v) is 8.74. The van der Waals surface area contributed by atoms with Gasteiger partial charge in [0.2, 0.25) is 5.78 Å². The van der Waals surface area contributed by atoms with Crippen LogP contribution in [-0.4, -0.2) is 26.2 Å². The van der Waals surface area contributed by atoms with E-state index in [1.54, 1.807) is 0 Å². The highest BCUT2D eigenvalue weighted by molar-refractivity contribution is 6.16. The van der Waals surface area contributed by atoms with Crippen LogP contribution in [0.15, 0.2) is 21.8 Å². The van der Waals surface area contributed by atoms with Gasteiger partial charge in [-0.25, -0.2) is 0 Å². The van der Waals surface area contributed by atoms with Crippen molar-refractivity contribution in [3.63, 3.8) is 0 Å². The van der Waals surface area contributed by atoms with E-state index in [0.717, 1.165) is 12.8 Å². The van der Waals surface area contributed by atoms with Gasteiger partial charge in [0.25, 0.3) is 0 Å². The molecule has 1 aromatic carbocycles. The summed E-state index contributed by atoms with van der Waals surface area (Å²) in [5.74, 6) is -1.41. The predicted octanol–water partition coefficient (Wildman–Crippen LogP) is 3.81. The number of aliphatic hydroxyl groups is 2. The van der Waals surface area contributed by atoms with E-state index in [4.69, 9.17) is 4.42 Å². The molecule has 4 rings (SSSR count). The van der Waals surface area contributed by atoms with Gasteiger partial charge in [0, 0.05) is 11.0 Å². The second-order valence-electron chi connectivity index (χ2n) is 8.18. The average Bonchev–Trinajstić information content (AvgIpc) is 3.00. The van der Waals surface area contributed by atoms with Crippen molar-refractivity contribution in [3.8, 4) is 11.5 Å². The first-order valence-electron chi connectivity index (χ1n) is 8.74. The van der Waals surface area contributed by atoms with Crippen LogP contribution in [0.3, 0.4) is 0 Å². The smallest absolute Gasteiger partial charge is 0.231 e. The van der Waals surface area contributed by atoms with Crippen molar-refractivity contribution in [2.75, 3.05) is 0 Å². The number of ketones is 1. The number of aliphatic hydroxyl groups excluding tert-OH is 2. The Morgan fingerprint density at radius 3 is 2.46 bits per heavy atom. The summed E-state index contributed by atoms with van der Waals surface area (Å²) >= 11 is 0. The molecule has 2 aliphatic rings. The molecule has 1 saturated carbocycles. The molecule has 6 heteroatoms. The van der Waals surface area contributed by atoms with E-state index in [1.165, 1.54) is 6.07 Å². The van der Waals surface area contributed by atoms with E-state index in [0.29, 0.717) is 17.6 Å². The molecule has 2 aliphatic carbocycles. The van der Waals surface area contributed by atoms with Crippen LogP contribution in [-0.2, 0) is 12.0 Å². The number of hydrogen-bond donors (Lipinski definition) is 4. The Balaban J connectivity index is 2.15. The Labute approximate surface area is 150 Å². The Hall–Kier alpha value is -2.47. The van der Waals surface area contributed by atoms with Crippen molar-refractivity contribution in [1.82, 2.24) is 0 Å². The lowest BCUT2D eigenvalue weighted by Crippen LogP contribution is -2.43. The van der Waals surface area contributed by atoms with E-state index < -0.39 is 23.2 Å². The molecular formula is C20H22O6. The molecule has 0 aliphatic heterocycles. The minimum absolute atomic E-state index is 0.0449. The maximum atomic E-state index is 12.9. The van der Waals surface area contributed by atoms with E-state index in [9.17, 15) is 25.2 Å². The number of benzene rings is 1. The topological polar surface area (TPSA) is 111 Å². The molecule has 1 atom stereocenters. The van der Waals surface area contributed by atoms with Crippen LogP contribution in [0.25, 0.3) is 11.0 Å². The fourth-order valence-electron chi connectivity index (χ4n) is 5.06. The van der Waals surface area contributed by atoms with Gasteiger partial charge in [-0.3, -0.25) is 4.79 Å². The predicted molar refractivity (Wildman–Crippen MR) is 94.4 cm³/mol. The number of phenolic OH excluding ortho intramolecular Hbond substituents is 2. The molecule has 1 unspecified atom stereocenters. The van der Waals surface area contributed by atoms with Gasteiger partial charge in [-0.15, -0.1) is 0 Å². The third-order valence-electron chi connectivity index (χ3n) is 6.07. The Morgan fingerprint density at radius 2 is 1.81 bits per heavy atom. The van der Waals surface area contributed by atoms with Crippen molar-refractivity contribution in [2.24, 2.45) is 5.41 Å². The molecule has 0 saturated heterocycles. The number of carbonyl (C=O) groups is 1. The SMILES string of the molecule is CC1(C)CCCC2(C)C1=C(O)C(=O)c1c2c(O)c2oc(CO)cc2c1O. The first-order chi connectivity index (χ1) is 12.1. The molecule has 2 aromatic rings. The van der Waals surface area contributed by atoms with Crippen LogP contribution in [0.5, 0.6) is 11.5 Å². The third-order valence-corrected chi connectivity index (χ3v) is 6.07. The summed E-state index contributed by atoms with van der Waals surface area (Å²) in [6, 6.07) is 1.39. The van der Waals surface area contributed by atoms with E-state index in [1.807, 2.05) is 20.8 Å². The lowest BCUT2D eigenvalue weighted by Gasteiger charge is -2.48. The molecule has 1 fully saturated rings. The van der Waals surface area contributed by atoms with Crippen molar-refractivity contribution in [2.45, 2.75) is 52.1 Å². The van der Waals surface area contributed by atoms with Gasteiger partial charge in [-0.1, -0.05) is 27.2 Å². The summed E-state index contributed by atoms with van der Waals surface area (Å²) in [4.78, 5) is 12.9. The standard InChI is InChI=1S/C20H22O6/c1-19(2)5-4-6-20(3)12-11(14(23)16(25)18(19)20)13(22)10-7-9(8-21)26-17(10)15(12)24/h7,21-22,24-25H,4-6,8H2,1-3H3. The molecular weight excluding hydrogens is 336 g/mol. The quantitative estimate of drug-likeness (QED) is 0.577. The zero-order valence-corrected chi connectivity index (χ0v) is 15.0. The molecule has 6 nitrogen and oxygen atoms in total. The number of aromatic hydroxyl groups is 2. The molecule has 1 heterocycles. The largest absolute Gasteiger partial charge is 0.506 e. The summed E-state index contributed by atoms with van der Waals surface area (Å²) in [5.41, 5.74) is -0.355. The highest BCUT2D eigenvalue weighted by atomic mass is 16.4. The lowest BCUT2D eigenvalue weighted by atomic mass is 9.54. The summed E-state index contributed by atoms with van der Waals surface area (Å²) < 4.78 is 5.48. The molecule has 0 spiro atoms. The van der Waals surface area contributed by atoms with Gasteiger partial charge in [-0.05, 0) is 29.9 Å². The fourth-order valence-corrected chi connectivity index (χ4v) is 5.06. The highest BCUT2D eigenvalue weighted by Gasteiger charge is 2.53. The Kier molecular flexibility index (Phi) is 3.29. The van der Waals surface area contributed by atoms with Crippen molar-refractivity contribution < 1.29 is 29.6 Å². The van der Waals surface area contributed by atoms with Crippen LogP contribution in [0.4, 0.5) is 0 Å². The average molecular weight is 358 g/mol. The third kappa shape index (κ3) is 1.88. The van der Waals surface area contributed by atoms with E-state index in [-0.39, 0.29) is 39.6 Å². The van der Waals surface area contributed by atoms with Gasteiger partial charge >= 0.3 is 0 Å². The molecule has 0 radical (unpaired) electrons. The zero-order chi connectivity index (χ0) is 19.0. The van der Waals surface area contributed by atoms with Gasteiger partial charge < -0.3 is 24.8 Å². The second-order valence-corrected chi connectivity index (χ2v) is 8.18. The van der Waals surface area contributed by atoms with Gasteiger partial charge in [0.05, 0.1) is 10.9 Å². The number of fused-ring (bicyclic) bond motifs is 4. The van der Waals surface area contributed by atoms with Crippen molar-refractivity contribution in [1.29, 1.82) is 0 Å². The lowest BCUT2D eigenvalue weighted by molar-refractivity contribution is 0.0936. The summed E-state index contributed by atoms with van der Waals surface area (Å²) in [6.07, 6.45) is 2.30. The van der Waals surface area contributed by atoms with Crippen LogP contribution in [0.1, 0.15) is 61.7 Å². The van der Waals surface area contributed by atoms with Gasteiger partial charge in [-0.2, -0.15) is 0 Å². The van der Waals surface area contributed by atoms with Crippen LogP contribution >= 0.6 is 0 Å². The monoisotopic (exact) mass is 358 g/mol. The number of hydrogen-bond acceptors (Lipinski definition) is 6. The molecule has 0 bridgehead atoms. The molecule has 26 heavy (non-hydrogen) atoms. The molecule has 138 valence electrons. The number of Topliss-reactive ketones (excluding diaryl/α,β-unsaturated/α-hetero) is 1. The number of carbonyl (C=O) groups excluding carboxylic acids is 1. The maximum absolute atomic E-state index is 12.9. The van der Waals surface area contributed by atoms with E-state index in [2.05, 4.69) is 0 Å². The summed E-state index contributed by atoms with van der Waals surface area (Å²) in [6.45, 7) is 5.43. The molecule has 0 amide bonds. The maximum Gasteiger partial charge on any atom is 0.231 e. The van der Waals surface area contributed by atoms with Crippen LogP contribution < -0.4 is 0 Å². The van der Waals surface area contributed by atoms with E-state index >= 15 is 0 Å². The second kappa shape index (κ2) is 5.04. The normalized spacial score (nSPS) is 24.7. The Morgan fingerprint density at radius 1 is 1.12 bits per heavy atom. The zero-order valence-electron chi connectivity index (χ0n) is 15.0. The number of phenols is 2. The van der Waals surface area contributed by atoms with Gasteiger partial charge in [0.15, 0.2) is 17.1 Å². The van der Waals surface area contributed by atoms with Crippen LogP contribution in [0.2, 0.25) is 0 Å². The summed E-state index contributed by atoms with van der Waals surface area (Å²) in [7, 11) is 0. The van der Waals surface area contributed by atoms with Crippen molar-refractivity contribution >= 4 is 16.8 Å². The summed E-state index contributed by atoms with van der Waals surface area (Å²) in [5, 5.41) is 41.9. The molecule has 4 N–H and O–H groups in total. The van der Waals surface area contributed by atoms with Crippen LogP contribution in [0, 0.1) is 5.41 Å². The fraction of sp³-hybridized carbons (Fsp3) is 0.450. The van der Waals surface area contributed by atoms with Gasteiger partial charge in [0.1, 0.15) is 18.1 Å². The number of allylic oxidation sites excluding steroid dienone is 2. The minimum atomic E-state index is -0.795. The van der Waals surface area contributed by atoms with Crippen molar-refractivity contribution in [3.05, 3.63) is 34.3 Å². The molecule has 1 aromatic heterocycles. The minimum Gasteiger partial charge on any atom is -0.506 e. The number of furan rings is 1.